The summed E-state index contributed by atoms with van der Waals surface area (Å²) in [7, 11) is 0. The van der Waals surface area contributed by atoms with Crippen LogP contribution in [0.4, 0.5) is 0 Å². The molecule has 0 radical (unpaired) electrons. The standard InChI is InChI=1S/C19H22N2O4/c1-3-25-17-5-4-14-6-8-21(11-16(14)10-17)19(23)13(2)20-18(22)15-7-9-24-12-15/h4-5,7,9-10,12-13H,3,6,8,11H2,1-2H3,(H,20,22). The molecule has 0 fully saturated rings. The Kier molecular flexibility index (Phi) is 5.07. The van der Waals surface area contributed by atoms with E-state index in [1.165, 1.54) is 18.1 Å². The Morgan fingerprint density at radius 3 is 2.88 bits per heavy atom. The van der Waals surface area contributed by atoms with E-state index in [2.05, 4.69) is 11.4 Å². The lowest BCUT2D eigenvalue weighted by Gasteiger charge is -2.31. The van der Waals surface area contributed by atoms with Crippen LogP contribution in [0.5, 0.6) is 5.75 Å². The number of hydrogen-bond acceptors (Lipinski definition) is 4. The predicted molar refractivity (Wildman–Crippen MR) is 92.4 cm³/mol. The first kappa shape index (κ1) is 17.1. The van der Waals surface area contributed by atoms with Gasteiger partial charge in [0.15, 0.2) is 0 Å². The van der Waals surface area contributed by atoms with Gasteiger partial charge in [-0.25, -0.2) is 0 Å². The molecule has 6 heteroatoms. The highest BCUT2D eigenvalue weighted by atomic mass is 16.5. The van der Waals surface area contributed by atoms with E-state index >= 15 is 0 Å². The maximum atomic E-state index is 12.7. The van der Waals surface area contributed by atoms with E-state index in [1.54, 1.807) is 17.9 Å². The second-order valence-electron chi connectivity index (χ2n) is 6.08. The number of fused-ring (bicyclic) bond motifs is 1. The number of carbonyl (C=O) groups excluding carboxylic acids is 2. The molecule has 0 bridgehead atoms. The van der Waals surface area contributed by atoms with Crippen LogP contribution in [0, 0.1) is 0 Å². The number of carbonyl (C=O) groups is 2. The van der Waals surface area contributed by atoms with Crippen LogP contribution in [0.2, 0.25) is 0 Å². The van der Waals surface area contributed by atoms with E-state index in [-0.39, 0.29) is 11.8 Å². The largest absolute Gasteiger partial charge is 0.494 e. The summed E-state index contributed by atoms with van der Waals surface area (Å²) in [5, 5.41) is 2.72. The quantitative estimate of drug-likeness (QED) is 0.905. The molecule has 1 aliphatic rings. The van der Waals surface area contributed by atoms with Crippen molar-refractivity contribution in [3.8, 4) is 5.75 Å². The van der Waals surface area contributed by atoms with Gasteiger partial charge in [-0.3, -0.25) is 9.59 Å². The second kappa shape index (κ2) is 7.42. The second-order valence-corrected chi connectivity index (χ2v) is 6.08. The molecule has 1 unspecified atom stereocenters. The van der Waals surface area contributed by atoms with Gasteiger partial charge in [-0.05, 0) is 49.6 Å². The van der Waals surface area contributed by atoms with Crippen molar-refractivity contribution in [1.82, 2.24) is 10.2 Å². The molecule has 2 aromatic rings. The number of furan rings is 1. The zero-order valence-corrected chi connectivity index (χ0v) is 14.5. The molecule has 1 N–H and O–H groups in total. The van der Waals surface area contributed by atoms with Gasteiger partial charge in [0.05, 0.1) is 18.4 Å². The molecule has 1 aliphatic heterocycles. The smallest absolute Gasteiger partial charge is 0.255 e. The monoisotopic (exact) mass is 342 g/mol. The van der Waals surface area contributed by atoms with Crippen LogP contribution in [0.3, 0.4) is 0 Å². The van der Waals surface area contributed by atoms with Gasteiger partial charge < -0.3 is 19.4 Å². The van der Waals surface area contributed by atoms with Crippen molar-refractivity contribution in [2.75, 3.05) is 13.2 Å². The number of amides is 2. The van der Waals surface area contributed by atoms with Crippen LogP contribution >= 0.6 is 0 Å². The number of ether oxygens (including phenoxy) is 1. The van der Waals surface area contributed by atoms with Gasteiger partial charge in [0.25, 0.3) is 5.91 Å². The van der Waals surface area contributed by atoms with Gasteiger partial charge in [-0.2, -0.15) is 0 Å². The summed E-state index contributed by atoms with van der Waals surface area (Å²) >= 11 is 0. The lowest BCUT2D eigenvalue weighted by atomic mass is 9.99. The maximum Gasteiger partial charge on any atom is 0.255 e. The number of nitrogens with zero attached hydrogens (tertiary/aromatic N) is 1. The highest BCUT2D eigenvalue weighted by Gasteiger charge is 2.26. The minimum atomic E-state index is -0.598. The highest BCUT2D eigenvalue weighted by Crippen LogP contribution is 2.24. The Morgan fingerprint density at radius 1 is 1.32 bits per heavy atom. The molecule has 132 valence electrons. The van der Waals surface area contributed by atoms with Gasteiger partial charge in [0.2, 0.25) is 5.91 Å². The molecule has 2 amide bonds. The van der Waals surface area contributed by atoms with Gasteiger partial charge in [-0.1, -0.05) is 6.07 Å². The van der Waals surface area contributed by atoms with E-state index in [0.29, 0.717) is 25.3 Å². The van der Waals surface area contributed by atoms with Crippen molar-refractivity contribution in [3.63, 3.8) is 0 Å². The van der Waals surface area contributed by atoms with E-state index < -0.39 is 6.04 Å². The molecule has 1 aromatic heterocycles. The van der Waals surface area contributed by atoms with E-state index in [4.69, 9.17) is 9.15 Å². The Bertz CT molecular complexity index is 755. The van der Waals surface area contributed by atoms with Crippen molar-refractivity contribution in [3.05, 3.63) is 53.5 Å². The lowest BCUT2D eigenvalue weighted by molar-refractivity contribution is -0.133. The van der Waals surface area contributed by atoms with Crippen LogP contribution in [0.1, 0.15) is 35.3 Å². The molecule has 1 atom stereocenters. The Hall–Kier alpha value is -2.76. The van der Waals surface area contributed by atoms with Crippen LogP contribution in [-0.4, -0.2) is 35.9 Å². The summed E-state index contributed by atoms with van der Waals surface area (Å²) < 4.78 is 10.4. The van der Waals surface area contributed by atoms with E-state index in [0.717, 1.165) is 17.7 Å². The fourth-order valence-corrected chi connectivity index (χ4v) is 2.99. The molecule has 6 nitrogen and oxygen atoms in total. The summed E-state index contributed by atoms with van der Waals surface area (Å²) in [4.78, 5) is 26.5. The van der Waals surface area contributed by atoms with Gasteiger partial charge in [-0.15, -0.1) is 0 Å². The summed E-state index contributed by atoms with van der Waals surface area (Å²) in [6.45, 7) is 5.43. The number of nitrogens with one attached hydrogen (secondary N) is 1. The van der Waals surface area contributed by atoms with E-state index in [9.17, 15) is 9.59 Å². The third-order valence-electron chi connectivity index (χ3n) is 4.31. The molecular formula is C19H22N2O4. The van der Waals surface area contributed by atoms with Gasteiger partial charge >= 0.3 is 0 Å². The van der Waals surface area contributed by atoms with Gasteiger partial charge in [0, 0.05) is 13.1 Å². The zero-order valence-electron chi connectivity index (χ0n) is 14.5. The molecule has 25 heavy (non-hydrogen) atoms. The fourth-order valence-electron chi connectivity index (χ4n) is 2.99. The van der Waals surface area contributed by atoms with Crippen LogP contribution in [-0.2, 0) is 17.8 Å². The summed E-state index contributed by atoms with van der Waals surface area (Å²) in [6, 6.07) is 6.99. The Balaban J connectivity index is 1.65. The SMILES string of the molecule is CCOc1ccc2c(c1)CN(C(=O)C(C)NC(=O)c1ccoc1)CC2. The highest BCUT2D eigenvalue weighted by molar-refractivity contribution is 5.97. The van der Waals surface area contributed by atoms with Crippen molar-refractivity contribution in [1.29, 1.82) is 0 Å². The van der Waals surface area contributed by atoms with Gasteiger partial charge in [0.1, 0.15) is 18.1 Å². The lowest BCUT2D eigenvalue weighted by Crippen LogP contribution is -2.48. The minimum absolute atomic E-state index is 0.0932. The first-order valence-electron chi connectivity index (χ1n) is 8.45. The van der Waals surface area contributed by atoms with Crippen molar-refractivity contribution >= 4 is 11.8 Å². The average Bonchev–Trinajstić information content (AvgIpc) is 3.15. The molecule has 3 rings (SSSR count). The van der Waals surface area contributed by atoms with Crippen molar-refractivity contribution in [2.45, 2.75) is 32.9 Å². The third kappa shape index (κ3) is 3.84. The van der Waals surface area contributed by atoms with Crippen LogP contribution < -0.4 is 10.1 Å². The minimum Gasteiger partial charge on any atom is -0.494 e. The molecule has 2 heterocycles. The molecule has 0 saturated carbocycles. The summed E-state index contributed by atoms with van der Waals surface area (Å²) in [6.07, 6.45) is 3.59. The number of hydrogen-bond donors (Lipinski definition) is 1. The topological polar surface area (TPSA) is 71.8 Å². The van der Waals surface area contributed by atoms with Crippen molar-refractivity contribution in [2.24, 2.45) is 0 Å². The Labute approximate surface area is 146 Å². The Morgan fingerprint density at radius 2 is 2.16 bits per heavy atom. The summed E-state index contributed by atoms with van der Waals surface area (Å²) in [5.41, 5.74) is 2.74. The fraction of sp³-hybridized carbons (Fsp3) is 0.368. The zero-order chi connectivity index (χ0) is 17.8. The third-order valence-corrected chi connectivity index (χ3v) is 4.31. The maximum absolute atomic E-state index is 12.7. The molecular weight excluding hydrogens is 320 g/mol. The molecule has 0 spiro atoms. The van der Waals surface area contributed by atoms with Crippen molar-refractivity contribution < 1.29 is 18.7 Å². The first-order chi connectivity index (χ1) is 12.1. The van der Waals surface area contributed by atoms with Crippen LogP contribution in [0.25, 0.3) is 0 Å². The molecule has 0 aliphatic carbocycles. The molecule has 1 aromatic carbocycles. The first-order valence-corrected chi connectivity index (χ1v) is 8.45. The average molecular weight is 342 g/mol. The summed E-state index contributed by atoms with van der Waals surface area (Å²) in [5.74, 6) is 0.409. The number of benzene rings is 1. The number of rotatable bonds is 5. The predicted octanol–water partition coefficient (Wildman–Crippen LogP) is 2.38. The normalized spacial score (nSPS) is 14.6. The van der Waals surface area contributed by atoms with E-state index in [1.807, 2.05) is 19.1 Å². The van der Waals surface area contributed by atoms with Crippen LogP contribution in [0.15, 0.2) is 41.2 Å². The molecule has 0 saturated heterocycles.